The van der Waals surface area contributed by atoms with Crippen LogP contribution in [0.3, 0.4) is 0 Å². The number of ether oxygens (including phenoxy) is 1. The summed E-state index contributed by atoms with van der Waals surface area (Å²) in [5.74, 6) is 0.632. The van der Waals surface area contributed by atoms with Gasteiger partial charge in [-0.25, -0.2) is 0 Å². The van der Waals surface area contributed by atoms with E-state index in [4.69, 9.17) is 27.9 Å². The highest BCUT2D eigenvalue weighted by atomic mass is 35.5. The topological polar surface area (TPSA) is 38.3 Å². The molecule has 0 radical (unpaired) electrons. The van der Waals surface area contributed by atoms with Crippen LogP contribution in [0.5, 0.6) is 0 Å². The van der Waals surface area contributed by atoms with Crippen LogP contribution in [0, 0.1) is 5.92 Å². The number of nitrogens with one attached hydrogen (secondary N) is 1. The number of carbonyl (C=O) groups excluding carboxylic acids is 1. The van der Waals surface area contributed by atoms with Crippen molar-refractivity contribution in [3.8, 4) is 0 Å². The van der Waals surface area contributed by atoms with Gasteiger partial charge in [-0.15, -0.1) is 0 Å². The van der Waals surface area contributed by atoms with Crippen molar-refractivity contribution in [2.24, 2.45) is 5.92 Å². The molecule has 24 heavy (non-hydrogen) atoms. The van der Waals surface area contributed by atoms with Gasteiger partial charge in [0.25, 0.3) is 0 Å². The van der Waals surface area contributed by atoms with Crippen LogP contribution in [0.25, 0.3) is 0 Å². The molecule has 1 aliphatic carbocycles. The van der Waals surface area contributed by atoms with E-state index in [9.17, 15) is 4.79 Å². The Morgan fingerprint density at radius 3 is 2.75 bits per heavy atom. The lowest BCUT2D eigenvalue weighted by molar-refractivity contribution is -0.115. The maximum Gasteiger partial charge on any atom is 0.228 e. The van der Waals surface area contributed by atoms with Gasteiger partial charge in [-0.3, -0.25) is 4.79 Å². The molecule has 2 aromatic rings. The molecule has 5 heteroatoms. The zero-order valence-electron chi connectivity index (χ0n) is 13.2. The first-order valence-corrected chi connectivity index (χ1v) is 8.76. The average molecular weight is 364 g/mol. The third-order valence-corrected chi connectivity index (χ3v) is 4.48. The van der Waals surface area contributed by atoms with Gasteiger partial charge < -0.3 is 10.1 Å². The summed E-state index contributed by atoms with van der Waals surface area (Å²) in [5, 5.41) is 3.96. The molecule has 1 fully saturated rings. The Hall–Kier alpha value is -1.55. The maximum atomic E-state index is 12.2. The third-order valence-electron chi connectivity index (χ3n) is 3.90. The summed E-state index contributed by atoms with van der Waals surface area (Å²) >= 11 is 12.0. The standard InChI is InChI=1S/C19H19Cl2NO2/c20-16-7-6-15(18(21)10-16)9-19(23)22-17-3-1-2-14(8-17)12-24-11-13-4-5-13/h1-3,6-8,10,13H,4-5,9,11-12H2,(H,22,23). The molecule has 1 aliphatic rings. The summed E-state index contributed by atoms with van der Waals surface area (Å²) in [6.45, 7) is 1.40. The van der Waals surface area contributed by atoms with Crippen LogP contribution in [0.4, 0.5) is 5.69 Å². The predicted molar refractivity (Wildman–Crippen MR) is 97.6 cm³/mol. The van der Waals surface area contributed by atoms with E-state index >= 15 is 0 Å². The Kier molecular flexibility index (Phi) is 5.77. The number of amides is 1. The van der Waals surface area contributed by atoms with Crippen molar-refractivity contribution >= 4 is 34.8 Å². The van der Waals surface area contributed by atoms with E-state index in [0.717, 1.165) is 29.3 Å². The molecule has 1 saturated carbocycles. The van der Waals surface area contributed by atoms with Crippen molar-refractivity contribution in [2.45, 2.75) is 25.9 Å². The number of carbonyl (C=O) groups is 1. The zero-order chi connectivity index (χ0) is 16.9. The molecule has 0 bridgehead atoms. The van der Waals surface area contributed by atoms with Crippen molar-refractivity contribution in [3.63, 3.8) is 0 Å². The second kappa shape index (κ2) is 8.02. The molecule has 2 aromatic carbocycles. The molecule has 0 aliphatic heterocycles. The molecule has 1 N–H and O–H groups in total. The van der Waals surface area contributed by atoms with Crippen LogP contribution in [-0.2, 0) is 22.6 Å². The molecule has 3 rings (SSSR count). The second-order valence-electron chi connectivity index (χ2n) is 6.12. The number of hydrogen-bond acceptors (Lipinski definition) is 2. The first-order chi connectivity index (χ1) is 11.6. The van der Waals surface area contributed by atoms with E-state index in [1.54, 1.807) is 18.2 Å². The molecule has 0 unspecified atom stereocenters. The Morgan fingerprint density at radius 2 is 2.00 bits per heavy atom. The number of anilines is 1. The Balaban J connectivity index is 1.55. The normalized spacial score (nSPS) is 13.8. The number of hydrogen-bond donors (Lipinski definition) is 1. The van der Waals surface area contributed by atoms with Crippen LogP contribution >= 0.6 is 23.2 Å². The van der Waals surface area contributed by atoms with Crippen molar-refractivity contribution in [3.05, 3.63) is 63.6 Å². The fourth-order valence-electron chi connectivity index (χ4n) is 2.41. The molecule has 0 spiro atoms. The van der Waals surface area contributed by atoms with Gasteiger partial charge in [-0.2, -0.15) is 0 Å². The Bertz CT molecular complexity index is 729. The highest BCUT2D eigenvalue weighted by Gasteiger charge is 2.21. The van der Waals surface area contributed by atoms with Gasteiger partial charge in [0.15, 0.2) is 0 Å². The molecular weight excluding hydrogens is 345 g/mol. The lowest BCUT2D eigenvalue weighted by Crippen LogP contribution is -2.14. The van der Waals surface area contributed by atoms with Crippen molar-refractivity contribution in [1.82, 2.24) is 0 Å². The molecule has 126 valence electrons. The van der Waals surface area contributed by atoms with E-state index in [2.05, 4.69) is 5.32 Å². The van der Waals surface area contributed by atoms with Crippen LogP contribution in [0.15, 0.2) is 42.5 Å². The van der Waals surface area contributed by atoms with Crippen LogP contribution in [0.2, 0.25) is 10.0 Å². The number of rotatable bonds is 7. The molecule has 1 amide bonds. The second-order valence-corrected chi connectivity index (χ2v) is 6.96. The van der Waals surface area contributed by atoms with Gasteiger partial charge in [0, 0.05) is 22.3 Å². The van der Waals surface area contributed by atoms with Gasteiger partial charge in [-0.05, 0) is 54.2 Å². The van der Waals surface area contributed by atoms with E-state index < -0.39 is 0 Å². The summed E-state index contributed by atoms with van der Waals surface area (Å²) < 4.78 is 5.68. The largest absolute Gasteiger partial charge is 0.376 e. The fraction of sp³-hybridized carbons (Fsp3) is 0.316. The lowest BCUT2D eigenvalue weighted by Gasteiger charge is -2.09. The predicted octanol–water partition coefficient (Wildman–Crippen LogP) is 5.10. The first-order valence-electron chi connectivity index (χ1n) is 8.00. The summed E-state index contributed by atoms with van der Waals surface area (Å²) in [6.07, 6.45) is 2.77. The van der Waals surface area contributed by atoms with E-state index in [-0.39, 0.29) is 12.3 Å². The van der Waals surface area contributed by atoms with Crippen molar-refractivity contribution in [1.29, 1.82) is 0 Å². The lowest BCUT2D eigenvalue weighted by atomic mass is 10.1. The van der Waals surface area contributed by atoms with E-state index in [1.165, 1.54) is 12.8 Å². The molecule has 0 aromatic heterocycles. The van der Waals surface area contributed by atoms with Gasteiger partial charge in [0.1, 0.15) is 0 Å². The fourth-order valence-corrected chi connectivity index (χ4v) is 2.89. The summed E-state index contributed by atoms with van der Waals surface area (Å²) in [5.41, 5.74) is 2.57. The monoisotopic (exact) mass is 363 g/mol. The minimum atomic E-state index is -0.115. The number of halogens is 2. The first kappa shape index (κ1) is 17.3. The highest BCUT2D eigenvalue weighted by Crippen LogP contribution is 2.29. The average Bonchev–Trinajstić information content (AvgIpc) is 3.35. The highest BCUT2D eigenvalue weighted by molar-refractivity contribution is 6.35. The maximum absolute atomic E-state index is 12.2. The van der Waals surface area contributed by atoms with E-state index in [0.29, 0.717) is 16.7 Å². The zero-order valence-corrected chi connectivity index (χ0v) is 14.7. The summed E-state index contributed by atoms with van der Waals surface area (Å²) in [6, 6.07) is 12.9. The van der Waals surface area contributed by atoms with Crippen molar-refractivity contribution < 1.29 is 9.53 Å². The van der Waals surface area contributed by atoms with Crippen LogP contribution in [-0.4, -0.2) is 12.5 Å². The van der Waals surface area contributed by atoms with Gasteiger partial charge in [0.05, 0.1) is 13.0 Å². The molecule has 3 nitrogen and oxygen atoms in total. The summed E-state index contributed by atoms with van der Waals surface area (Å²) in [4.78, 5) is 12.2. The molecule has 0 heterocycles. The van der Waals surface area contributed by atoms with Crippen molar-refractivity contribution in [2.75, 3.05) is 11.9 Å². The minimum Gasteiger partial charge on any atom is -0.376 e. The van der Waals surface area contributed by atoms with Gasteiger partial charge in [-0.1, -0.05) is 41.4 Å². The smallest absolute Gasteiger partial charge is 0.228 e. The number of benzene rings is 2. The van der Waals surface area contributed by atoms with Crippen LogP contribution < -0.4 is 5.32 Å². The quantitative estimate of drug-likeness (QED) is 0.742. The Morgan fingerprint density at radius 1 is 1.17 bits per heavy atom. The SMILES string of the molecule is O=C(Cc1ccc(Cl)cc1Cl)Nc1cccc(COCC2CC2)c1. The van der Waals surface area contributed by atoms with Crippen LogP contribution in [0.1, 0.15) is 24.0 Å². The molecule has 0 atom stereocenters. The third kappa shape index (κ3) is 5.23. The minimum absolute atomic E-state index is 0.115. The molecular formula is C19H19Cl2NO2. The summed E-state index contributed by atoms with van der Waals surface area (Å²) in [7, 11) is 0. The van der Waals surface area contributed by atoms with Gasteiger partial charge in [0.2, 0.25) is 5.91 Å². The Labute approximate surface area is 151 Å². The molecule has 0 saturated heterocycles. The van der Waals surface area contributed by atoms with E-state index in [1.807, 2.05) is 24.3 Å². The van der Waals surface area contributed by atoms with Gasteiger partial charge >= 0.3 is 0 Å².